The number of rotatable bonds is 2. The van der Waals surface area contributed by atoms with Crippen LogP contribution in [-0.4, -0.2) is 28.0 Å². The van der Waals surface area contributed by atoms with Gasteiger partial charge in [0.25, 0.3) is 0 Å². The quantitative estimate of drug-likeness (QED) is 0.561. The molecule has 60 valence electrons. The molecular formula is C5H11NO3S. The Morgan fingerprint density at radius 1 is 1.50 bits per heavy atom. The standard InChI is InChI=1S/C5H11NO3S/c7-10(8)6-5-1-3-9-4-2-5/h5-6H,1-4H2,(H,7,8). The van der Waals surface area contributed by atoms with Gasteiger partial charge in [-0.25, -0.2) is 8.93 Å². The molecule has 1 fully saturated rings. The van der Waals surface area contributed by atoms with E-state index in [0.717, 1.165) is 12.8 Å². The molecule has 1 rings (SSSR count). The van der Waals surface area contributed by atoms with Crippen LogP contribution >= 0.6 is 0 Å². The maximum Gasteiger partial charge on any atom is 0.231 e. The van der Waals surface area contributed by atoms with Crippen LogP contribution in [0.2, 0.25) is 0 Å². The molecule has 0 bridgehead atoms. The first kappa shape index (κ1) is 8.13. The van der Waals surface area contributed by atoms with Crippen molar-refractivity contribution in [2.75, 3.05) is 13.2 Å². The van der Waals surface area contributed by atoms with Crippen molar-refractivity contribution < 1.29 is 13.5 Å². The van der Waals surface area contributed by atoms with Crippen LogP contribution in [0.15, 0.2) is 0 Å². The summed E-state index contributed by atoms with van der Waals surface area (Å²) >= 11 is -1.87. The molecule has 0 spiro atoms. The molecule has 4 nitrogen and oxygen atoms in total. The SMILES string of the molecule is O=S(O)NC1CCOCC1. The second-order valence-corrected chi connectivity index (χ2v) is 2.99. The molecule has 0 aliphatic carbocycles. The molecule has 2 N–H and O–H groups in total. The largest absolute Gasteiger partial charge is 0.381 e. The average molecular weight is 165 g/mol. The summed E-state index contributed by atoms with van der Waals surface area (Å²) in [5.41, 5.74) is 0. The zero-order valence-electron chi connectivity index (χ0n) is 5.58. The first-order valence-corrected chi connectivity index (χ1v) is 4.34. The monoisotopic (exact) mass is 165 g/mol. The van der Waals surface area contributed by atoms with Gasteiger partial charge in [0.2, 0.25) is 11.3 Å². The van der Waals surface area contributed by atoms with E-state index in [0.29, 0.717) is 13.2 Å². The van der Waals surface area contributed by atoms with Crippen molar-refractivity contribution in [3.8, 4) is 0 Å². The summed E-state index contributed by atoms with van der Waals surface area (Å²) in [5, 5.41) is 0. The van der Waals surface area contributed by atoms with Gasteiger partial charge in [-0.05, 0) is 12.8 Å². The molecule has 0 radical (unpaired) electrons. The van der Waals surface area contributed by atoms with Crippen molar-refractivity contribution in [2.45, 2.75) is 18.9 Å². The normalized spacial score (nSPS) is 24.5. The minimum atomic E-state index is -1.87. The highest BCUT2D eigenvalue weighted by atomic mass is 32.2. The van der Waals surface area contributed by atoms with Crippen LogP contribution in [0.1, 0.15) is 12.8 Å². The lowest BCUT2D eigenvalue weighted by Crippen LogP contribution is -2.35. The van der Waals surface area contributed by atoms with Crippen molar-refractivity contribution in [3.05, 3.63) is 0 Å². The second kappa shape index (κ2) is 4.02. The highest BCUT2D eigenvalue weighted by Crippen LogP contribution is 2.05. The van der Waals surface area contributed by atoms with Crippen LogP contribution in [0.5, 0.6) is 0 Å². The van der Waals surface area contributed by atoms with E-state index in [9.17, 15) is 4.21 Å². The summed E-state index contributed by atoms with van der Waals surface area (Å²) in [7, 11) is 0. The highest BCUT2D eigenvalue weighted by Gasteiger charge is 2.14. The molecule has 1 saturated heterocycles. The lowest BCUT2D eigenvalue weighted by molar-refractivity contribution is 0.0831. The van der Waals surface area contributed by atoms with Gasteiger partial charge in [-0.15, -0.1) is 0 Å². The van der Waals surface area contributed by atoms with Crippen LogP contribution < -0.4 is 4.72 Å². The minimum Gasteiger partial charge on any atom is -0.381 e. The topological polar surface area (TPSA) is 58.6 Å². The summed E-state index contributed by atoms with van der Waals surface area (Å²) < 4.78 is 26.2. The van der Waals surface area contributed by atoms with Crippen LogP contribution in [0, 0.1) is 0 Å². The van der Waals surface area contributed by atoms with E-state index in [4.69, 9.17) is 9.29 Å². The smallest absolute Gasteiger partial charge is 0.231 e. The third kappa shape index (κ3) is 2.74. The molecule has 1 aliphatic rings. The Labute approximate surface area is 62.4 Å². The molecule has 1 atom stereocenters. The maximum absolute atomic E-state index is 10.2. The van der Waals surface area contributed by atoms with Gasteiger partial charge < -0.3 is 4.74 Å². The predicted molar refractivity (Wildman–Crippen MR) is 37.7 cm³/mol. The number of ether oxygens (including phenoxy) is 1. The van der Waals surface area contributed by atoms with Crippen LogP contribution in [0.3, 0.4) is 0 Å². The van der Waals surface area contributed by atoms with E-state index in [2.05, 4.69) is 4.72 Å². The lowest BCUT2D eigenvalue weighted by atomic mass is 10.1. The van der Waals surface area contributed by atoms with Gasteiger partial charge in [-0.1, -0.05) is 0 Å². The first-order chi connectivity index (χ1) is 4.79. The number of hydrogen-bond acceptors (Lipinski definition) is 2. The van der Waals surface area contributed by atoms with Crippen LogP contribution in [-0.2, 0) is 16.0 Å². The van der Waals surface area contributed by atoms with Crippen molar-refractivity contribution in [1.82, 2.24) is 4.72 Å². The van der Waals surface area contributed by atoms with E-state index in [1.807, 2.05) is 0 Å². The molecule has 10 heavy (non-hydrogen) atoms. The second-order valence-electron chi connectivity index (χ2n) is 2.25. The Kier molecular flexibility index (Phi) is 3.27. The number of nitrogens with one attached hydrogen (secondary N) is 1. The zero-order chi connectivity index (χ0) is 7.40. The molecule has 5 heteroatoms. The van der Waals surface area contributed by atoms with Gasteiger partial charge >= 0.3 is 0 Å². The molecule has 0 amide bonds. The van der Waals surface area contributed by atoms with Crippen LogP contribution in [0.4, 0.5) is 0 Å². The molecule has 0 saturated carbocycles. The van der Waals surface area contributed by atoms with E-state index >= 15 is 0 Å². The fraction of sp³-hybridized carbons (Fsp3) is 1.00. The van der Waals surface area contributed by atoms with Crippen molar-refractivity contribution in [3.63, 3.8) is 0 Å². The van der Waals surface area contributed by atoms with Gasteiger partial charge in [-0.2, -0.15) is 0 Å². The van der Waals surface area contributed by atoms with Gasteiger partial charge in [0.15, 0.2) is 0 Å². The maximum atomic E-state index is 10.2. The van der Waals surface area contributed by atoms with Crippen molar-refractivity contribution in [1.29, 1.82) is 0 Å². The summed E-state index contributed by atoms with van der Waals surface area (Å²) in [6, 6.07) is 0.152. The molecule has 0 aromatic heterocycles. The Hall–Kier alpha value is 0.0300. The lowest BCUT2D eigenvalue weighted by Gasteiger charge is -2.20. The fourth-order valence-electron chi connectivity index (χ4n) is 0.958. The van der Waals surface area contributed by atoms with E-state index in [1.54, 1.807) is 0 Å². The van der Waals surface area contributed by atoms with Crippen molar-refractivity contribution >= 4 is 11.3 Å². The van der Waals surface area contributed by atoms with Gasteiger partial charge in [0, 0.05) is 19.3 Å². The van der Waals surface area contributed by atoms with E-state index < -0.39 is 11.3 Å². The molecule has 0 aromatic rings. The third-order valence-corrected chi connectivity index (χ3v) is 2.02. The van der Waals surface area contributed by atoms with Crippen molar-refractivity contribution in [2.24, 2.45) is 0 Å². The van der Waals surface area contributed by atoms with Crippen LogP contribution in [0.25, 0.3) is 0 Å². The minimum absolute atomic E-state index is 0.152. The Morgan fingerprint density at radius 3 is 2.60 bits per heavy atom. The Morgan fingerprint density at radius 2 is 2.10 bits per heavy atom. The summed E-state index contributed by atoms with van der Waals surface area (Å²) in [6.07, 6.45) is 1.65. The first-order valence-electron chi connectivity index (χ1n) is 3.24. The summed E-state index contributed by atoms with van der Waals surface area (Å²) in [4.78, 5) is 0. The molecule has 1 unspecified atom stereocenters. The van der Waals surface area contributed by atoms with Gasteiger partial charge in [0.05, 0.1) is 0 Å². The predicted octanol–water partition coefficient (Wildman–Crippen LogP) is -0.108. The molecular weight excluding hydrogens is 154 g/mol. The third-order valence-electron chi connectivity index (χ3n) is 1.49. The molecule has 0 aromatic carbocycles. The van der Waals surface area contributed by atoms with Gasteiger partial charge in [0.1, 0.15) is 0 Å². The molecule has 1 aliphatic heterocycles. The van der Waals surface area contributed by atoms with E-state index in [1.165, 1.54) is 0 Å². The van der Waals surface area contributed by atoms with E-state index in [-0.39, 0.29) is 6.04 Å². The fourth-order valence-corrected chi connectivity index (χ4v) is 1.48. The van der Waals surface area contributed by atoms with Gasteiger partial charge in [-0.3, -0.25) is 4.55 Å². The Bertz CT molecular complexity index is 124. The zero-order valence-corrected chi connectivity index (χ0v) is 6.39. The number of hydrogen-bond donors (Lipinski definition) is 2. The molecule has 1 heterocycles. The Balaban J connectivity index is 2.19. The summed E-state index contributed by atoms with van der Waals surface area (Å²) in [6.45, 7) is 1.38. The summed E-state index contributed by atoms with van der Waals surface area (Å²) in [5.74, 6) is 0. The average Bonchev–Trinajstić information content (AvgIpc) is 1.88. The highest BCUT2D eigenvalue weighted by molar-refractivity contribution is 7.77.